The maximum absolute atomic E-state index is 5.56. The van der Waals surface area contributed by atoms with Crippen LogP contribution in [0.4, 0.5) is 5.69 Å². The predicted molar refractivity (Wildman–Crippen MR) is 78.2 cm³/mol. The third kappa shape index (κ3) is 3.47. The van der Waals surface area contributed by atoms with Crippen LogP contribution in [0.5, 0.6) is 0 Å². The maximum Gasteiger partial charge on any atom is 0.0372 e. The van der Waals surface area contributed by atoms with Crippen LogP contribution in [0.1, 0.15) is 17.5 Å². The van der Waals surface area contributed by atoms with Crippen molar-refractivity contribution in [1.29, 1.82) is 0 Å². The molecule has 2 rings (SSSR count). The molecular formula is C15H25N3. The molecule has 0 amide bonds. The maximum atomic E-state index is 5.56. The SMILES string of the molecule is Cc1cc(C)cc(N2CCN(CCCN)CC2)c1. The molecule has 1 aromatic rings. The monoisotopic (exact) mass is 247 g/mol. The van der Waals surface area contributed by atoms with Crippen molar-refractivity contribution < 1.29 is 0 Å². The van der Waals surface area contributed by atoms with Crippen molar-refractivity contribution in [3.63, 3.8) is 0 Å². The number of benzene rings is 1. The third-order valence-corrected chi connectivity index (χ3v) is 3.62. The Balaban J connectivity index is 1.92. The second kappa shape index (κ2) is 6.21. The van der Waals surface area contributed by atoms with Gasteiger partial charge in [0.15, 0.2) is 0 Å². The molecule has 18 heavy (non-hydrogen) atoms. The van der Waals surface area contributed by atoms with Crippen LogP contribution in [0.25, 0.3) is 0 Å². The summed E-state index contributed by atoms with van der Waals surface area (Å²) in [5.74, 6) is 0. The Morgan fingerprint density at radius 2 is 1.61 bits per heavy atom. The first-order chi connectivity index (χ1) is 8.69. The zero-order valence-electron chi connectivity index (χ0n) is 11.7. The summed E-state index contributed by atoms with van der Waals surface area (Å²) in [4.78, 5) is 5.02. The molecule has 3 nitrogen and oxygen atoms in total. The molecular weight excluding hydrogens is 222 g/mol. The van der Waals surface area contributed by atoms with Crippen LogP contribution >= 0.6 is 0 Å². The highest BCUT2D eigenvalue weighted by molar-refractivity contribution is 5.51. The normalized spacial score (nSPS) is 17.2. The Labute approximate surface area is 111 Å². The molecule has 1 aliphatic rings. The first-order valence-corrected chi connectivity index (χ1v) is 6.95. The van der Waals surface area contributed by atoms with Crippen molar-refractivity contribution in [2.45, 2.75) is 20.3 Å². The lowest BCUT2D eigenvalue weighted by molar-refractivity contribution is 0.256. The quantitative estimate of drug-likeness (QED) is 0.880. The van der Waals surface area contributed by atoms with Gasteiger partial charge in [0.25, 0.3) is 0 Å². The Morgan fingerprint density at radius 1 is 1.00 bits per heavy atom. The fourth-order valence-corrected chi connectivity index (χ4v) is 2.68. The number of nitrogens with two attached hydrogens (primary N) is 1. The highest BCUT2D eigenvalue weighted by Gasteiger charge is 2.16. The lowest BCUT2D eigenvalue weighted by atomic mass is 10.1. The molecule has 1 saturated heterocycles. The van der Waals surface area contributed by atoms with Gasteiger partial charge >= 0.3 is 0 Å². The molecule has 3 heteroatoms. The molecule has 0 atom stereocenters. The summed E-state index contributed by atoms with van der Waals surface area (Å²) < 4.78 is 0. The van der Waals surface area contributed by atoms with Crippen LogP contribution in [0, 0.1) is 13.8 Å². The Kier molecular flexibility index (Phi) is 4.61. The molecule has 0 aromatic heterocycles. The van der Waals surface area contributed by atoms with Crippen molar-refractivity contribution in [3.05, 3.63) is 29.3 Å². The Bertz CT molecular complexity index is 361. The summed E-state index contributed by atoms with van der Waals surface area (Å²) in [6.45, 7) is 10.9. The van der Waals surface area contributed by atoms with E-state index in [2.05, 4.69) is 41.8 Å². The fourth-order valence-electron chi connectivity index (χ4n) is 2.68. The van der Waals surface area contributed by atoms with Gasteiger partial charge in [0.05, 0.1) is 0 Å². The van der Waals surface area contributed by atoms with Gasteiger partial charge in [-0.3, -0.25) is 4.90 Å². The zero-order chi connectivity index (χ0) is 13.0. The molecule has 0 saturated carbocycles. The summed E-state index contributed by atoms with van der Waals surface area (Å²) in [7, 11) is 0. The highest BCUT2D eigenvalue weighted by atomic mass is 15.3. The standard InChI is InChI=1S/C15H25N3/c1-13-10-14(2)12-15(11-13)18-8-6-17(7-9-18)5-3-4-16/h10-12H,3-9,16H2,1-2H3. The largest absolute Gasteiger partial charge is 0.369 e. The Morgan fingerprint density at radius 3 is 2.17 bits per heavy atom. The first kappa shape index (κ1) is 13.4. The van der Waals surface area contributed by atoms with Crippen LogP contribution in [0.3, 0.4) is 0 Å². The van der Waals surface area contributed by atoms with Gasteiger partial charge in [-0.05, 0) is 56.6 Å². The lowest BCUT2D eigenvalue weighted by Gasteiger charge is -2.36. The van der Waals surface area contributed by atoms with Gasteiger partial charge in [-0.2, -0.15) is 0 Å². The second-order valence-corrected chi connectivity index (χ2v) is 5.32. The van der Waals surface area contributed by atoms with E-state index in [4.69, 9.17) is 5.73 Å². The average Bonchev–Trinajstić information content (AvgIpc) is 2.36. The van der Waals surface area contributed by atoms with Crippen LogP contribution in [0.2, 0.25) is 0 Å². The van der Waals surface area contributed by atoms with Crippen LogP contribution < -0.4 is 10.6 Å². The fraction of sp³-hybridized carbons (Fsp3) is 0.600. The highest BCUT2D eigenvalue weighted by Crippen LogP contribution is 2.20. The molecule has 1 aromatic carbocycles. The minimum Gasteiger partial charge on any atom is -0.369 e. The van der Waals surface area contributed by atoms with E-state index in [0.717, 1.165) is 45.7 Å². The lowest BCUT2D eigenvalue weighted by Crippen LogP contribution is -2.46. The summed E-state index contributed by atoms with van der Waals surface area (Å²) in [5, 5.41) is 0. The summed E-state index contributed by atoms with van der Waals surface area (Å²) in [6.07, 6.45) is 1.11. The van der Waals surface area contributed by atoms with Crippen molar-refractivity contribution >= 4 is 5.69 Å². The number of anilines is 1. The van der Waals surface area contributed by atoms with Crippen molar-refractivity contribution in [1.82, 2.24) is 4.90 Å². The number of nitrogens with zero attached hydrogens (tertiary/aromatic N) is 2. The van der Waals surface area contributed by atoms with Crippen molar-refractivity contribution in [2.24, 2.45) is 5.73 Å². The summed E-state index contributed by atoms with van der Waals surface area (Å²) in [6, 6.07) is 6.83. The van der Waals surface area contributed by atoms with E-state index in [9.17, 15) is 0 Å². The topological polar surface area (TPSA) is 32.5 Å². The molecule has 0 radical (unpaired) electrons. The minimum absolute atomic E-state index is 0.803. The molecule has 0 unspecified atom stereocenters. The van der Waals surface area contributed by atoms with E-state index >= 15 is 0 Å². The molecule has 0 spiro atoms. The molecule has 0 bridgehead atoms. The first-order valence-electron chi connectivity index (χ1n) is 6.95. The van der Waals surface area contributed by atoms with Crippen LogP contribution in [0.15, 0.2) is 18.2 Å². The van der Waals surface area contributed by atoms with E-state index in [1.807, 2.05) is 0 Å². The van der Waals surface area contributed by atoms with Crippen LogP contribution in [-0.4, -0.2) is 44.2 Å². The second-order valence-electron chi connectivity index (χ2n) is 5.32. The van der Waals surface area contributed by atoms with Gasteiger partial charge in [0, 0.05) is 31.9 Å². The van der Waals surface area contributed by atoms with Gasteiger partial charge in [-0.15, -0.1) is 0 Å². The van der Waals surface area contributed by atoms with Crippen LogP contribution in [-0.2, 0) is 0 Å². The molecule has 1 heterocycles. The van der Waals surface area contributed by atoms with E-state index in [0.29, 0.717) is 0 Å². The van der Waals surface area contributed by atoms with E-state index in [1.165, 1.54) is 16.8 Å². The van der Waals surface area contributed by atoms with E-state index in [-0.39, 0.29) is 0 Å². The van der Waals surface area contributed by atoms with Gasteiger partial charge in [0.2, 0.25) is 0 Å². The van der Waals surface area contributed by atoms with Crippen molar-refractivity contribution in [3.8, 4) is 0 Å². The number of rotatable bonds is 4. The molecule has 1 aliphatic heterocycles. The minimum atomic E-state index is 0.803. The number of piperazine rings is 1. The average molecular weight is 247 g/mol. The van der Waals surface area contributed by atoms with Gasteiger partial charge < -0.3 is 10.6 Å². The molecule has 1 fully saturated rings. The van der Waals surface area contributed by atoms with Gasteiger partial charge in [0.1, 0.15) is 0 Å². The zero-order valence-corrected chi connectivity index (χ0v) is 11.7. The number of aryl methyl sites for hydroxylation is 2. The van der Waals surface area contributed by atoms with Crippen molar-refractivity contribution in [2.75, 3.05) is 44.2 Å². The molecule has 100 valence electrons. The van der Waals surface area contributed by atoms with Gasteiger partial charge in [-0.25, -0.2) is 0 Å². The smallest absolute Gasteiger partial charge is 0.0372 e. The molecule has 2 N–H and O–H groups in total. The summed E-state index contributed by atoms with van der Waals surface area (Å²) in [5.41, 5.74) is 9.65. The van der Waals surface area contributed by atoms with E-state index in [1.54, 1.807) is 0 Å². The molecule has 0 aliphatic carbocycles. The predicted octanol–water partition coefficient (Wildman–Crippen LogP) is 1.77. The summed E-state index contributed by atoms with van der Waals surface area (Å²) >= 11 is 0. The van der Waals surface area contributed by atoms with E-state index < -0.39 is 0 Å². The number of hydrogen-bond acceptors (Lipinski definition) is 3. The Hall–Kier alpha value is -1.06. The van der Waals surface area contributed by atoms with Gasteiger partial charge in [-0.1, -0.05) is 6.07 Å². The number of hydrogen-bond donors (Lipinski definition) is 1. The third-order valence-electron chi connectivity index (χ3n) is 3.62.